The fraction of sp³-hybridized carbons (Fsp3) is 0.333. The molecule has 0 N–H and O–H groups in total. The van der Waals surface area contributed by atoms with Crippen molar-refractivity contribution in [1.29, 1.82) is 0 Å². The zero-order chi connectivity index (χ0) is 23.5. The molecule has 0 spiro atoms. The van der Waals surface area contributed by atoms with Crippen LogP contribution in [0, 0.1) is 0 Å². The topological polar surface area (TPSA) is 93.2 Å². The Morgan fingerprint density at radius 1 is 0.938 bits per heavy atom. The van der Waals surface area contributed by atoms with Gasteiger partial charge in [-0.2, -0.15) is 0 Å². The van der Waals surface area contributed by atoms with Crippen LogP contribution in [0.2, 0.25) is 0 Å². The average molecular weight is 438 g/mol. The first-order chi connectivity index (χ1) is 15.1. The SMILES string of the molecule is CCN(C(=O)OC(C)(C)C)C(Cc1ccccc1)C(=O)ON1C(=O)c2ccccc2C1=O. The smallest absolute Gasteiger partial charge is 0.411 e. The molecule has 2 aromatic carbocycles. The number of nitrogens with zero attached hydrogens (tertiary/aromatic N) is 2. The van der Waals surface area contributed by atoms with Crippen molar-refractivity contribution in [3.05, 3.63) is 71.3 Å². The second kappa shape index (κ2) is 9.21. The summed E-state index contributed by atoms with van der Waals surface area (Å²) in [6, 6.07) is 14.2. The van der Waals surface area contributed by atoms with E-state index in [2.05, 4.69) is 0 Å². The maximum Gasteiger partial charge on any atom is 0.411 e. The summed E-state index contributed by atoms with van der Waals surface area (Å²) in [6.07, 6.45) is -0.573. The van der Waals surface area contributed by atoms with E-state index in [4.69, 9.17) is 9.57 Å². The van der Waals surface area contributed by atoms with Crippen LogP contribution in [0.5, 0.6) is 0 Å². The molecule has 0 radical (unpaired) electrons. The van der Waals surface area contributed by atoms with Gasteiger partial charge in [-0.1, -0.05) is 47.5 Å². The molecule has 0 saturated heterocycles. The lowest BCUT2D eigenvalue weighted by molar-refractivity contribution is -0.174. The number of rotatable bonds is 6. The van der Waals surface area contributed by atoms with E-state index in [1.165, 1.54) is 17.0 Å². The van der Waals surface area contributed by atoms with Crippen molar-refractivity contribution in [2.24, 2.45) is 0 Å². The minimum absolute atomic E-state index is 0.121. The van der Waals surface area contributed by atoms with Crippen molar-refractivity contribution >= 4 is 23.9 Å². The van der Waals surface area contributed by atoms with Crippen molar-refractivity contribution in [1.82, 2.24) is 9.96 Å². The van der Waals surface area contributed by atoms with Gasteiger partial charge in [-0.25, -0.2) is 9.59 Å². The molecule has 0 aromatic heterocycles. The first kappa shape index (κ1) is 23.0. The third-order valence-corrected chi connectivity index (χ3v) is 4.83. The molecule has 0 fully saturated rings. The van der Waals surface area contributed by atoms with E-state index >= 15 is 0 Å². The number of hydrogen-bond donors (Lipinski definition) is 0. The van der Waals surface area contributed by atoms with Crippen molar-refractivity contribution in [2.75, 3.05) is 6.54 Å². The summed E-state index contributed by atoms with van der Waals surface area (Å²) in [6.45, 7) is 7.03. The van der Waals surface area contributed by atoms with Gasteiger partial charge in [-0.3, -0.25) is 14.5 Å². The quantitative estimate of drug-likeness (QED) is 0.640. The van der Waals surface area contributed by atoms with Gasteiger partial charge in [0, 0.05) is 13.0 Å². The van der Waals surface area contributed by atoms with Gasteiger partial charge in [0.15, 0.2) is 0 Å². The summed E-state index contributed by atoms with van der Waals surface area (Å²) < 4.78 is 5.45. The van der Waals surface area contributed by atoms with E-state index in [1.54, 1.807) is 39.8 Å². The summed E-state index contributed by atoms with van der Waals surface area (Å²) in [7, 11) is 0. The highest BCUT2D eigenvalue weighted by Gasteiger charge is 2.41. The van der Waals surface area contributed by atoms with Crippen LogP contribution in [0.3, 0.4) is 0 Å². The van der Waals surface area contributed by atoms with E-state index in [9.17, 15) is 19.2 Å². The molecule has 3 amide bonds. The number of carbonyl (C=O) groups excluding carboxylic acids is 4. The molecule has 1 unspecified atom stereocenters. The zero-order valence-corrected chi connectivity index (χ0v) is 18.5. The number of likely N-dealkylation sites (N-methyl/N-ethyl adjacent to an activating group) is 1. The Morgan fingerprint density at radius 2 is 1.47 bits per heavy atom. The maximum atomic E-state index is 13.2. The highest BCUT2D eigenvalue weighted by atomic mass is 16.7. The molecule has 0 saturated carbocycles. The van der Waals surface area contributed by atoms with Gasteiger partial charge in [-0.15, -0.1) is 0 Å². The fourth-order valence-electron chi connectivity index (χ4n) is 3.36. The highest BCUT2D eigenvalue weighted by molar-refractivity contribution is 6.20. The Labute approximate surface area is 186 Å². The Morgan fingerprint density at radius 3 is 1.97 bits per heavy atom. The molecule has 1 atom stereocenters. The lowest BCUT2D eigenvalue weighted by atomic mass is 10.0. The molecule has 32 heavy (non-hydrogen) atoms. The van der Waals surface area contributed by atoms with Crippen molar-refractivity contribution < 1.29 is 28.8 Å². The summed E-state index contributed by atoms with van der Waals surface area (Å²) in [4.78, 5) is 57.7. The molecule has 1 aliphatic heterocycles. The Hall–Kier alpha value is -3.68. The molecule has 8 nitrogen and oxygen atoms in total. The number of imide groups is 1. The summed E-state index contributed by atoms with van der Waals surface area (Å²) in [5.74, 6) is -2.36. The Balaban J connectivity index is 1.87. The fourth-order valence-corrected chi connectivity index (χ4v) is 3.36. The molecule has 8 heteroatoms. The molecule has 3 rings (SSSR count). The van der Waals surface area contributed by atoms with Crippen LogP contribution in [-0.4, -0.2) is 52.0 Å². The highest BCUT2D eigenvalue weighted by Crippen LogP contribution is 2.24. The van der Waals surface area contributed by atoms with Crippen LogP contribution >= 0.6 is 0 Å². The van der Waals surface area contributed by atoms with E-state index < -0.39 is 35.5 Å². The van der Waals surface area contributed by atoms with Gasteiger partial charge in [0.25, 0.3) is 11.8 Å². The normalized spacial score (nSPS) is 14.1. The molecule has 0 bridgehead atoms. The van der Waals surface area contributed by atoms with Crippen LogP contribution in [-0.2, 0) is 20.8 Å². The van der Waals surface area contributed by atoms with Gasteiger partial charge in [0.05, 0.1) is 11.1 Å². The number of carbonyl (C=O) groups is 4. The molecule has 1 heterocycles. The predicted octanol–water partition coefficient (Wildman–Crippen LogP) is 3.61. The van der Waals surface area contributed by atoms with Gasteiger partial charge >= 0.3 is 12.1 Å². The van der Waals surface area contributed by atoms with Gasteiger partial charge in [0.1, 0.15) is 11.6 Å². The van der Waals surface area contributed by atoms with E-state index in [1.807, 2.05) is 30.3 Å². The maximum absolute atomic E-state index is 13.2. The second-order valence-corrected chi connectivity index (χ2v) is 8.33. The Bertz CT molecular complexity index is 993. The van der Waals surface area contributed by atoms with Crippen LogP contribution < -0.4 is 0 Å². The third-order valence-electron chi connectivity index (χ3n) is 4.83. The third kappa shape index (κ3) is 4.96. The number of benzene rings is 2. The van der Waals surface area contributed by atoms with Crippen LogP contribution in [0.1, 0.15) is 54.0 Å². The van der Waals surface area contributed by atoms with Crippen LogP contribution in [0.15, 0.2) is 54.6 Å². The van der Waals surface area contributed by atoms with Crippen LogP contribution in [0.25, 0.3) is 0 Å². The van der Waals surface area contributed by atoms with Gasteiger partial charge in [0.2, 0.25) is 0 Å². The molecular weight excluding hydrogens is 412 g/mol. The van der Waals surface area contributed by atoms with Crippen molar-refractivity contribution in [2.45, 2.75) is 45.8 Å². The van der Waals surface area contributed by atoms with Crippen LogP contribution in [0.4, 0.5) is 4.79 Å². The summed E-state index contributed by atoms with van der Waals surface area (Å²) in [5.41, 5.74) is 0.321. The Kier molecular flexibility index (Phi) is 6.62. The average Bonchev–Trinajstić information content (AvgIpc) is 2.98. The first-order valence-electron chi connectivity index (χ1n) is 10.4. The summed E-state index contributed by atoms with van der Waals surface area (Å²) >= 11 is 0. The minimum Gasteiger partial charge on any atom is -0.444 e. The molecule has 0 aliphatic carbocycles. The van der Waals surface area contributed by atoms with E-state index in [0.717, 1.165) is 5.56 Å². The van der Waals surface area contributed by atoms with E-state index in [0.29, 0.717) is 5.06 Å². The lowest BCUT2D eigenvalue weighted by Crippen LogP contribution is -2.50. The zero-order valence-electron chi connectivity index (χ0n) is 18.5. The van der Waals surface area contributed by atoms with Crippen molar-refractivity contribution in [3.63, 3.8) is 0 Å². The second-order valence-electron chi connectivity index (χ2n) is 8.33. The van der Waals surface area contributed by atoms with E-state index in [-0.39, 0.29) is 24.1 Å². The largest absolute Gasteiger partial charge is 0.444 e. The number of hydrogen-bond acceptors (Lipinski definition) is 6. The van der Waals surface area contributed by atoms with Gasteiger partial charge in [-0.05, 0) is 45.4 Å². The standard InChI is InChI=1S/C24H26N2O6/c1-5-25(23(30)31-24(2,3)4)19(15-16-11-7-6-8-12-16)22(29)32-26-20(27)17-13-9-10-14-18(17)21(26)28/h6-14,19H,5,15H2,1-4H3. The number of fused-ring (bicyclic) bond motifs is 1. The number of hydroxylamine groups is 2. The van der Waals surface area contributed by atoms with Crippen molar-refractivity contribution in [3.8, 4) is 0 Å². The molecule has 168 valence electrons. The molecular formula is C24H26N2O6. The summed E-state index contributed by atoms with van der Waals surface area (Å²) in [5, 5.41) is 0.452. The first-order valence-corrected chi connectivity index (χ1v) is 10.4. The monoisotopic (exact) mass is 438 g/mol. The number of amides is 3. The molecule has 2 aromatic rings. The predicted molar refractivity (Wildman–Crippen MR) is 116 cm³/mol. The minimum atomic E-state index is -1.11. The molecule has 1 aliphatic rings. The van der Waals surface area contributed by atoms with Gasteiger partial charge < -0.3 is 9.57 Å². The lowest BCUT2D eigenvalue weighted by Gasteiger charge is -2.32. The number of ether oxygens (including phenoxy) is 1.